The fraction of sp³-hybridized carbons (Fsp3) is 0.286. The summed E-state index contributed by atoms with van der Waals surface area (Å²) >= 11 is 0. The summed E-state index contributed by atoms with van der Waals surface area (Å²) in [5, 5.41) is 4.40. The van der Waals surface area contributed by atoms with Crippen molar-refractivity contribution < 1.29 is 22.2 Å². The highest BCUT2D eigenvalue weighted by Gasteiger charge is 2.38. The predicted molar refractivity (Wildman–Crippen MR) is 142 cm³/mol. The highest BCUT2D eigenvalue weighted by molar-refractivity contribution is 7.85. The van der Waals surface area contributed by atoms with E-state index < -0.39 is 21.9 Å². The number of carbonyl (C=O) groups excluding carboxylic acids is 2. The summed E-state index contributed by atoms with van der Waals surface area (Å²) in [6.07, 6.45) is 5.09. The number of hydrogen-bond donors (Lipinski definition) is 1. The molecule has 1 unspecified atom stereocenters. The number of nitrogens with zero attached hydrogens (tertiary/aromatic N) is 2. The van der Waals surface area contributed by atoms with Crippen LogP contribution in [0.15, 0.2) is 54.7 Å². The third kappa shape index (κ3) is 3.98. The Balaban J connectivity index is 1.54. The Morgan fingerprint density at radius 1 is 0.973 bits per heavy atom. The number of benzene rings is 2. The van der Waals surface area contributed by atoms with E-state index in [1.165, 1.54) is 0 Å². The normalized spacial score (nSPS) is 18.2. The first-order valence-corrected chi connectivity index (χ1v) is 14.1. The zero-order chi connectivity index (χ0) is 25.9. The van der Waals surface area contributed by atoms with Crippen LogP contribution in [0.3, 0.4) is 0 Å². The quantitative estimate of drug-likeness (QED) is 0.311. The number of hydrogen-bond acceptors (Lipinski definition) is 5. The van der Waals surface area contributed by atoms with E-state index in [0.717, 1.165) is 57.8 Å². The largest absolute Gasteiger partial charge is 0.350 e. The van der Waals surface area contributed by atoms with Crippen molar-refractivity contribution in [3.8, 4) is 0 Å². The summed E-state index contributed by atoms with van der Waals surface area (Å²) in [4.78, 5) is 26.7. The first-order valence-electron chi connectivity index (χ1n) is 12.3. The SMILES string of the molecule is Cn1cc(C2=C(c3c4n(c5ccccc35)CCC(CCOS(C)(=O)=O)C4)C(=O)NC2=O)c2ccccc21. The summed E-state index contributed by atoms with van der Waals surface area (Å²) in [6.45, 7) is 0.869. The minimum atomic E-state index is -3.50. The molecule has 0 saturated heterocycles. The molecule has 4 heterocycles. The standard InChI is InChI=1S/C28H27N3O5S/c1-30-16-20(18-7-3-5-9-21(18)30)25-26(28(33)29-27(25)32)24-19-8-4-6-10-22(19)31-13-11-17(15-23(24)31)12-14-36-37(2,34)35/h3-10,16-17H,11-15H2,1-2H3,(H,29,32,33). The van der Waals surface area contributed by atoms with Gasteiger partial charge >= 0.3 is 0 Å². The van der Waals surface area contributed by atoms with Crippen LogP contribution in [0, 0.1) is 5.92 Å². The second-order valence-electron chi connectivity index (χ2n) is 9.87. The minimum Gasteiger partial charge on any atom is -0.350 e. The van der Waals surface area contributed by atoms with Gasteiger partial charge in [-0.3, -0.25) is 19.1 Å². The lowest BCUT2D eigenvalue weighted by Gasteiger charge is -2.26. The van der Waals surface area contributed by atoms with Crippen molar-refractivity contribution in [1.29, 1.82) is 0 Å². The van der Waals surface area contributed by atoms with Crippen LogP contribution in [0.1, 0.15) is 29.7 Å². The number of fused-ring (bicyclic) bond motifs is 4. The van der Waals surface area contributed by atoms with Gasteiger partial charge in [0.05, 0.1) is 24.0 Å². The Kier molecular flexibility index (Phi) is 5.58. The molecule has 9 heteroatoms. The van der Waals surface area contributed by atoms with Crippen molar-refractivity contribution in [2.75, 3.05) is 12.9 Å². The molecule has 37 heavy (non-hydrogen) atoms. The van der Waals surface area contributed by atoms with Crippen LogP contribution in [0.2, 0.25) is 0 Å². The van der Waals surface area contributed by atoms with Crippen LogP contribution >= 0.6 is 0 Å². The molecule has 1 atom stereocenters. The second kappa shape index (κ2) is 8.71. The van der Waals surface area contributed by atoms with Gasteiger partial charge in [-0.2, -0.15) is 8.42 Å². The van der Waals surface area contributed by atoms with Gasteiger partial charge in [0.1, 0.15) is 0 Å². The first-order chi connectivity index (χ1) is 17.7. The topological polar surface area (TPSA) is 99.4 Å². The number of carbonyl (C=O) groups is 2. The fourth-order valence-corrected chi connectivity index (χ4v) is 6.29. The number of aryl methyl sites for hydroxylation is 2. The number of imide groups is 1. The molecule has 0 bridgehead atoms. The van der Waals surface area contributed by atoms with Crippen molar-refractivity contribution in [2.45, 2.75) is 25.8 Å². The minimum absolute atomic E-state index is 0.127. The molecule has 0 saturated carbocycles. The lowest BCUT2D eigenvalue weighted by atomic mass is 9.88. The average molecular weight is 518 g/mol. The number of nitrogens with one attached hydrogen (secondary N) is 1. The summed E-state index contributed by atoms with van der Waals surface area (Å²) in [5.74, 6) is -0.594. The van der Waals surface area contributed by atoms with Gasteiger partial charge < -0.3 is 9.13 Å². The maximum absolute atomic E-state index is 13.4. The molecule has 2 amide bonds. The molecule has 2 aromatic heterocycles. The van der Waals surface area contributed by atoms with Gasteiger partial charge in [0.15, 0.2) is 0 Å². The molecule has 1 N–H and O–H groups in total. The molecule has 190 valence electrons. The van der Waals surface area contributed by atoms with E-state index in [1.807, 2.05) is 66.3 Å². The second-order valence-corrected chi connectivity index (χ2v) is 11.5. The Hall–Kier alpha value is -3.69. The van der Waals surface area contributed by atoms with E-state index in [2.05, 4.69) is 9.88 Å². The lowest BCUT2D eigenvalue weighted by molar-refractivity contribution is -0.122. The number of aromatic nitrogens is 2. The molecule has 0 aliphatic carbocycles. The Bertz CT molecular complexity index is 1740. The summed E-state index contributed by atoms with van der Waals surface area (Å²) < 4.78 is 32.1. The molecular formula is C28H27N3O5S. The maximum Gasteiger partial charge on any atom is 0.264 e. The highest BCUT2D eigenvalue weighted by Crippen LogP contribution is 2.43. The van der Waals surface area contributed by atoms with E-state index in [9.17, 15) is 18.0 Å². The lowest BCUT2D eigenvalue weighted by Crippen LogP contribution is -2.24. The molecule has 6 rings (SSSR count). The number of amides is 2. The van der Waals surface area contributed by atoms with Crippen LogP contribution in [-0.2, 0) is 43.9 Å². The predicted octanol–water partition coefficient (Wildman–Crippen LogP) is 3.63. The zero-order valence-electron chi connectivity index (χ0n) is 20.7. The fourth-order valence-electron chi connectivity index (χ4n) is 5.89. The summed E-state index contributed by atoms with van der Waals surface area (Å²) in [5.41, 5.74) is 5.31. The molecule has 2 aliphatic rings. The molecular weight excluding hydrogens is 490 g/mol. The van der Waals surface area contributed by atoms with Gasteiger partial charge in [0.25, 0.3) is 21.9 Å². The highest BCUT2D eigenvalue weighted by atomic mass is 32.2. The summed E-state index contributed by atoms with van der Waals surface area (Å²) in [6, 6.07) is 15.8. The van der Waals surface area contributed by atoms with Gasteiger partial charge in [-0.25, -0.2) is 0 Å². The van der Waals surface area contributed by atoms with Gasteiger partial charge in [0.2, 0.25) is 0 Å². The van der Waals surface area contributed by atoms with Gasteiger partial charge in [0, 0.05) is 58.4 Å². The maximum atomic E-state index is 13.4. The monoisotopic (exact) mass is 517 g/mol. The van der Waals surface area contributed by atoms with Crippen molar-refractivity contribution in [2.24, 2.45) is 13.0 Å². The van der Waals surface area contributed by atoms with E-state index >= 15 is 0 Å². The van der Waals surface area contributed by atoms with E-state index in [4.69, 9.17) is 4.18 Å². The van der Waals surface area contributed by atoms with Crippen molar-refractivity contribution in [1.82, 2.24) is 14.5 Å². The first kappa shape index (κ1) is 23.7. The Labute approximate surface area is 214 Å². The number of para-hydroxylation sites is 2. The van der Waals surface area contributed by atoms with Crippen LogP contribution in [0.5, 0.6) is 0 Å². The molecule has 2 aliphatic heterocycles. The third-order valence-electron chi connectivity index (χ3n) is 7.49. The zero-order valence-corrected chi connectivity index (χ0v) is 21.5. The van der Waals surface area contributed by atoms with E-state index in [-0.39, 0.29) is 12.5 Å². The van der Waals surface area contributed by atoms with Crippen LogP contribution in [0.25, 0.3) is 33.0 Å². The van der Waals surface area contributed by atoms with Crippen LogP contribution in [0.4, 0.5) is 0 Å². The van der Waals surface area contributed by atoms with Gasteiger partial charge in [-0.05, 0) is 37.3 Å². The molecule has 4 aromatic rings. The number of rotatable bonds is 6. The van der Waals surface area contributed by atoms with Crippen LogP contribution < -0.4 is 5.32 Å². The van der Waals surface area contributed by atoms with Crippen molar-refractivity contribution >= 4 is 54.9 Å². The van der Waals surface area contributed by atoms with Gasteiger partial charge in [-0.1, -0.05) is 36.4 Å². The van der Waals surface area contributed by atoms with Crippen LogP contribution in [-0.4, -0.2) is 42.2 Å². The van der Waals surface area contributed by atoms with Gasteiger partial charge in [-0.15, -0.1) is 0 Å². The third-order valence-corrected chi connectivity index (χ3v) is 8.09. The molecule has 0 fully saturated rings. The van der Waals surface area contributed by atoms with Crippen molar-refractivity contribution in [3.05, 3.63) is 71.5 Å². The average Bonchev–Trinajstić information content (AvgIpc) is 3.46. The summed E-state index contributed by atoms with van der Waals surface area (Å²) in [7, 11) is -1.57. The molecule has 0 spiro atoms. The van der Waals surface area contributed by atoms with E-state index in [1.54, 1.807) is 0 Å². The van der Waals surface area contributed by atoms with E-state index in [0.29, 0.717) is 24.0 Å². The Morgan fingerprint density at radius 3 is 2.41 bits per heavy atom. The molecule has 0 radical (unpaired) electrons. The molecule has 2 aromatic carbocycles. The molecule has 8 nitrogen and oxygen atoms in total. The smallest absolute Gasteiger partial charge is 0.264 e. The Morgan fingerprint density at radius 2 is 1.65 bits per heavy atom. The van der Waals surface area contributed by atoms with Crippen molar-refractivity contribution in [3.63, 3.8) is 0 Å².